The average molecular weight is 315 g/mol. The predicted molar refractivity (Wildman–Crippen MR) is 80.8 cm³/mol. The van der Waals surface area contributed by atoms with Gasteiger partial charge in [0.15, 0.2) is 0 Å². The Kier molecular flexibility index (Phi) is 4.14. The molecule has 1 unspecified atom stereocenters. The molecule has 1 aromatic rings. The van der Waals surface area contributed by atoms with Crippen LogP contribution in [-0.4, -0.2) is 42.7 Å². The molecule has 7 heteroatoms. The Morgan fingerprint density at radius 1 is 1.35 bits per heavy atom. The lowest BCUT2D eigenvalue weighted by atomic mass is 10.1. The van der Waals surface area contributed by atoms with Crippen LogP contribution in [0.1, 0.15) is 29.7 Å². The summed E-state index contributed by atoms with van der Waals surface area (Å²) in [4.78, 5) is 1.32. The second-order valence-electron chi connectivity index (χ2n) is 5.46. The zero-order valence-electron chi connectivity index (χ0n) is 11.5. The third kappa shape index (κ3) is 2.53. The molecule has 0 saturated carbocycles. The van der Waals surface area contributed by atoms with Crippen molar-refractivity contribution in [1.82, 2.24) is 8.61 Å². The van der Waals surface area contributed by atoms with Crippen LogP contribution >= 0.6 is 11.3 Å². The van der Waals surface area contributed by atoms with Crippen molar-refractivity contribution in [1.29, 1.82) is 0 Å². The third-order valence-corrected chi connectivity index (χ3v) is 7.30. The normalized spacial score (nSPS) is 25.6. The van der Waals surface area contributed by atoms with E-state index in [4.69, 9.17) is 5.73 Å². The second-order valence-corrected chi connectivity index (χ2v) is 8.34. The third-order valence-electron chi connectivity index (χ3n) is 4.24. The summed E-state index contributed by atoms with van der Waals surface area (Å²) in [6, 6.07) is 2.01. The van der Waals surface area contributed by atoms with Crippen LogP contribution in [0.15, 0.2) is 11.4 Å². The first-order chi connectivity index (χ1) is 9.63. The molecule has 0 amide bonds. The Bertz CT molecular complexity index is 570. The first-order valence-electron chi connectivity index (χ1n) is 7.15. The lowest BCUT2D eigenvalue weighted by molar-refractivity contribution is 0.232. The first-order valence-corrected chi connectivity index (χ1v) is 9.43. The van der Waals surface area contributed by atoms with Gasteiger partial charge in [-0.3, -0.25) is 0 Å². The fourth-order valence-electron chi connectivity index (χ4n) is 3.08. The highest BCUT2D eigenvalue weighted by atomic mass is 32.2. The second kappa shape index (κ2) is 5.73. The van der Waals surface area contributed by atoms with Gasteiger partial charge in [0.2, 0.25) is 0 Å². The van der Waals surface area contributed by atoms with E-state index in [1.165, 1.54) is 4.88 Å². The molecule has 112 valence electrons. The fraction of sp³-hybridized carbons (Fsp3) is 0.692. The Morgan fingerprint density at radius 3 is 3.00 bits per heavy atom. The van der Waals surface area contributed by atoms with Gasteiger partial charge in [-0.15, -0.1) is 11.3 Å². The molecule has 2 aliphatic rings. The lowest BCUT2D eigenvalue weighted by Gasteiger charge is -2.38. The first kappa shape index (κ1) is 14.5. The van der Waals surface area contributed by atoms with Crippen LogP contribution in [0.25, 0.3) is 0 Å². The quantitative estimate of drug-likeness (QED) is 0.910. The highest BCUT2D eigenvalue weighted by Crippen LogP contribution is 2.29. The van der Waals surface area contributed by atoms with E-state index in [9.17, 15) is 8.42 Å². The minimum Gasteiger partial charge on any atom is -0.329 e. The van der Waals surface area contributed by atoms with E-state index < -0.39 is 10.2 Å². The molecule has 20 heavy (non-hydrogen) atoms. The number of piperidine rings is 1. The summed E-state index contributed by atoms with van der Waals surface area (Å²) in [5.41, 5.74) is 6.92. The average Bonchev–Trinajstić information content (AvgIpc) is 2.94. The van der Waals surface area contributed by atoms with Gasteiger partial charge in [-0.05, 0) is 36.3 Å². The van der Waals surface area contributed by atoms with Crippen LogP contribution in [0.5, 0.6) is 0 Å². The summed E-state index contributed by atoms with van der Waals surface area (Å²) in [5, 5.41) is 2.05. The number of hydrogen-bond acceptors (Lipinski definition) is 4. The van der Waals surface area contributed by atoms with E-state index in [0.717, 1.165) is 31.2 Å². The van der Waals surface area contributed by atoms with E-state index >= 15 is 0 Å². The summed E-state index contributed by atoms with van der Waals surface area (Å²) < 4.78 is 28.9. The zero-order chi connectivity index (χ0) is 14.2. The maximum Gasteiger partial charge on any atom is 0.282 e. The molecule has 5 nitrogen and oxygen atoms in total. The van der Waals surface area contributed by atoms with Crippen LogP contribution < -0.4 is 5.73 Å². The van der Waals surface area contributed by atoms with Crippen LogP contribution in [0, 0.1) is 0 Å². The SMILES string of the molecule is NCC1CCCCN1S(=O)(=O)N1CCc2sccc2C1. The zero-order valence-corrected chi connectivity index (χ0v) is 13.1. The van der Waals surface area contributed by atoms with Gasteiger partial charge < -0.3 is 5.73 Å². The number of fused-ring (bicyclic) bond motifs is 1. The van der Waals surface area contributed by atoms with Gasteiger partial charge in [0.1, 0.15) is 0 Å². The monoisotopic (exact) mass is 315 g/mol. The molecule has 1 atom stereocenters. The Hall–Kier alpha value is -0.470. The van der Waals surface area contributed by atoms with Crippen molar-refractivity contribution in [3.8, 4) is 0 Å². The Balaban J connectivity index is 1.81. The van der Waals surface area contributed by atoms with Crippen molar-refractivity contribution in [2.45, 2.75) is 38.3 Å². The Morgan fingerprint density at radius 2 is 2.20 bits per heavy atom. The maximum atomic E-state index is 12.8. The minimum atomic E-state index is -3.38. The van der Waals surface area contributed by atoms with Gasteiger partial charge in [-0.1, -0.05) is 6.42 Å². The molecule has 1 fully saturated rings. The van der Waals surface area contributed by atoms with E-state index in [0.29, 0.717) is 26.2 Å². The van der Waals surface area contributed by atoms with Crippen molar-refractivity contribution < 1.29 is 8.42 Å². The van der Waals surface area contributed by atoms with Crippen molar-refractivity contribution in [2.75, 3.05) is 19.6 Å². The summed E-state index contributed by atoms with van der Waals surface area (Å²) in [7, 11) is -3.38. The van der Waals surface area contributed by atoms with Crippen molar-refractivity contribution >= 4 is 21.5 Å². The molecular formula is C13H21N3O2S2. The number of hydrogen-bond donors (Lipinski definition) is 1. The molecule has 1 aromatic heterocycles. The van der Waals surface area contributed by atoms with Crippen molar-refractivity contribution in [3.63, 3.8) is 0 Å². The summed E-state index contributed by atoms with van der Waals surface area (Å²) in [6.45, 7) is 2.12. The molecular weight excluding hydrogens is 294 g/mol. The largest absolute Gasteiger partial charge is 0.329 e. The van der Waals surface area contributed by atoms with E-state index in [-0.39, 0.29) is 6.04 Å². The van der Waals surface area contributed by atoms with E-state index in [1.807, 2.05) is 11.4 Å². The molecule has 0 spiro atoms. The standard InChI is InChI=1S/C13H21N3O2S2/c14-9-12-3-1-2-6-16(12)20(17,18)15-7-4-13-11(10-15)5-8-19-13/h5,8,12H,1-4,6-7,9-10,14H2. The highest BCUT2D eigenvalue weighted by Gasteiger charge is 2.37. The molecule has 2 aliphatic heterocycles. The van der Waals surface area contributed by atoms with Gasteiger partial charge in [0.05, 0.1) is 0 Å². The smallest absolute Gasteiger partial charge is 0.282 e. The summed E-state index contributed by atoms with van der Waals surface area (Å²) >= 11 is 1.72. The molecule has 2 N–H and O–H groups in total. The number of nitrogens with two attached hydrogens (primary N) is 1. The molecule has 0 aliphatic carbocycles. The number of rotatable bonds is 3. The molecule has 0 radical (unpaired) electrons. The predicted octanol–water partition coefficient (Wildman–Crippen LogP) is 1.16. The number of thiophene rings is 1. The lowest BCUT2D eigenvalue weighted by Crippen LogP contribution is -2.53. The van der Waals surface area contributed by atoms with Crippen LogP contribution in [0.2, 0.25) is 0 Å². The molecule has 3 heterocycles. The summed E-state index contributed by atoms with van der Waals surface area (Å²) in [5.74, 6) is 0. The summed E-state index contributed by atoms with van der Waals surface area (Å²) in [6.07, 6.45) is 3.72. The minimum absolute atomic E-state index is 0.0300. The van der Waals surface area contributed by atoms with Gasteiger partial charge in [0, 0.05) is 37.1 Å². The topological polar surface area (TPSA) is 66.6 Å². The molecule has 3 rings (SSSR count). The van der Waals surface area contributed by atoms with E-state index in [2.05, 4.69) is 0 Å². The maximum absolute atomic E-state index is 12.8. The Labute approximate surface area is 124 Å². The van der Waals surface area contributed by atoms with Crippen LogP contribution in [-0.2, 0) is 23.2 Å². The van der Waals surface area contributed by atoms with Crippen molar-refractivity contribution in [3.05, 3.63) is 21.9 Å². The highest BCUT2D eigenvalue weighted by molar-refractivity contribution is 7.86. The van der Waals surface area contributed by atoms with Crippen LogP contribution in [0.3, 0.4) is 0 Å². The van der Waals surface area contributed by atoms with Gasteiger partial charge in [-0.25, -0.2) is 0 Å². The van der Waals surface area contributed by atoms with Gasteiger partial charge >= 0.3 is 0 Å². The fourth-order valence-corrected chi connectivity index (χ4v) is 5.82. The van der Waals surface area contributed by atoms with Gasteiger partial charge in [-0.2, -0.15) is 17.0 Å². The molecule has 0 aromatic carbocycles. The van der Waals surface area contributed by atoms with Gasteiger partial charge in [0.25, 0.3) is 10.2 Å². The van der Waals surface area contributed by atoms with Crippen LogP contribution in [0.4, 0.5) is 0 Å². The molecule has 0 bridgehead atoms. The molecule has 1 saturated heterocycles. The number of nitrogens with zero attached hydrogens (tertiary/aromatic N) is 2. The van der Waals surface area contributed by atoms with Crippen molar-refractivity contribution in [2.24, 2.45) is 5.73 Å². The van der Waals surface area contributed by atoms with E-state index in [1.54, 1.807) is 19.9 Å².